The van der Waals surface area contributed by atoms with Crippen molar-refractivity contribution in [3.8, 4) is 11.5 Å². The molecular formula is C19H33Cl2N3O4. The van der Waals surface area contributed by atoms with E-state index in [1.165, 1.54) is 0 Å². The van der Waals surface area contributed by atoms with Crippen LogP contribution in [0.5, 0.6) is 11.5 Å². The summed E-state index contributed by atoms with van der Waals surface area (Å²) in [6, 6.07) is 5.50. The number of halogens is 2. The van der Waals surface area contributed by atoms with Gasteiger partial charge in [0.1, 0.15) is 6.61 Å². The van der Waals surface area contributed by atoms with Gasteiger partial charge >= 0.3 is 0 Å². The topological polar surface area (TPSA) is 72.1 Å². The lowest BCUT2D eigenvalue weighted by Gasteiger charge is -2.23. The predicted octanol–water partition coefficient (Wildman–Crippen LogP) is 2.58. The molecule has 1 unspecified atom stereocenters. The van der Waals surface area contributed by atoms with E-state index < -0.39 is 0 Å². The standard InChI is InChI=1S/C19H31N3O4.2ClH/c1-4-22(5-2)9-11-26-18-12-15(6-7-17(18)24-3)21-19(23)13-16-14-25-10-8-20-16;;/h6-7,12,16,20H,4-5,8-11,13-14H2,1-3H3,(H,21,23);2*1H. The van der Waals surface area contributed by atoms with Crippen molar-refractivity contribution >= 4 is 36.4 Å². The van der Waals surface area contributed by atoms with E-state index in [4.69, 9.17) is 14.2 Å². The third-order valence-corrected chi connectivity index (χ3v) is 4.44. The van der Waals surface area contributed by atoms with Crippen molar-refractivity contribution in [3.63, 3.8) is 0 Å². The van der Waals surface area contributed by atoms with Gasteiger partial charge in [-0.3, -0.25) is 4.79 Å². The van der Waals surface area contributed by atoms with Crippen molar-refractivity contribution in [1.82, 2.24) is 10.2 Å². The number of amides is 1. The zero-order chi connectivity index (χ0) is 18.8. The summed E-state index contributed by atoms with van der Waals surface area (Å²) in [6.45, 7) is 9.71. The van der Waals surface area contributed by atoms with Gasteiger partial charge in [0.2, 0.25) is 5.91 Å². The first-order chi connectivity index (χ1) is 12.7. The molecule has 0 spiro atoms. The van der Waals surface area contributed by atoms with Crippen molar-refractivity contribution in [2.24, 2.45) is 0 Å². The number of benzene rings is 1. The largest absolute Gasteiger partial charge is 0.493 e. The Morgan fingerprint density at radius 2 is 2.04 bits per heavy atom. The Bertz CT molecular complexity index is 568. The highest BCUT2D eigenvalue weighted by atomic mass is 35.5. The van der Waals surface area contributed by atoms with Crippen molar-refractivity contribution in [3.05, 3.63) is 18.2 Å². The number of ether oxygens (including phenoxy) is 3. The average molecular weight is 438 g/mol. The number of nitrogens with zero attached hydrogens (tertiary/aromatic N) is 1. The SMILES string of the molecule is CCN(CC)CCOc1cc(NC(=O)CC2COCCN2)ccc1OC.Cl.Cl. The summed E-state index contributed by atoms with van der Waals surface area (Å²) >= 11 is 0. The third kappa shape index (κ3) is 8.84. The summed E-state index contributed by atoms with van der Waals surface area (Å²) < 4.78 is 16.6. The molecule has 1 aromatic rings. The zero-order valence-electron chi connectivity index (χ0n) is 16.9. The molecule has 1 atom stereocenters. The van der Waals surface area contributed by atoms with Crippen LogP contribution in [0.4, 0.5) is 5.69 Å². The normalized spacial score (nSPS) is 15.9. The van der Waals surface area contributed by atoms with E-state index >= 15 is 0 Å². The van der Waals surface area contributed by atoms with Gasteiger partial charge in [-0.05, 0) is 25.2 Å². The number of carbonyl (C=O) groups excluding carboxylic acids is 1. The van der Waals surface area contributed by atoms with Crippen LogP contribution in [0.25, 0.3) is 0 Å². The Morgan fingerprint density at radius 1 is 1.29 bits per heavy atom. The first-order valence-corrected chi connectivity index (χ1v) is 9.30. The molecule has 28 heavy (non-hydrogen) atoms. The van der Waals surface area contributed by atoms with Gasteiger partial charge in [0.25, 0.3) is 0 Å². The van der Waals surface area contributed by atoms with Crippen molar-refractivity contribution in [2.75, 3.05) is 58.4 Å². The predicted molar refractivity (Wildman–Crippen MR) is 117 cm³/mol. The number of rotatable bonds is 10. The van der Waals surface area contributed by atoms with E-state index in [0.717, 1.165) is 26.2 Å². The summed E-state index contributed by atoms with van der Waals surface area (Å²) in [5.74, 6) is 1.24. The zero-order valence-corrected chi connectivity index (χ0v) is 18.5. The summed E-state index contributed by atoms with van der Waals surface area (Å²) in [6.07, 6.45) is 0.379. The second-order valence-electron chi connectivity index (χ2n) is 6.22. The van der Waals surface area contributed by atoms with Crippen LogP contribution in [0.15, 0.2) is 18.2 Å². The maximum absolute atomic E-state index is 12.2. The van der Waals surface area contributed by atoms with Gasteiger partial charge in [0.05, 0.1) is 20.3 Å². The molecule has 9 heteroatoms. The van der Waals surface area contributed by atoms with Gasteiger partial charge in [0, 0.05) is 37.3 Å². The molecule has 1 saturated heterocycles. The van der Waals surface area contributed by atoms with E-state index in [9.17, 15) is 4.79 Å². The number of methoxy groups -OCH3 is 1. The molecule has 2 rings (SSSR count). The highest BCUT2D eigenvalue weighted by molar-refractivity contribution is 5.91. The molecule has 1 fully saturated rings. The summed E-state index contributed by atoms with van der Waals surface area (Å²) in [5.41, 5.74) is 0.699. The molecule has 0 aromatic heterocycles. The fourth-order valence-corrected chi connectivity index (χ4v) is 2.88. The second-order valence-corrected chi connectivity index (χ2v) is 6.22. The minimum absolute atomic E-state index is 0. The number of nitrogens with one attached hydrogen (secondary N) is 2. The molecule has 0 bridgehead atoms. The van der Waals surface area contributed by atoms with E-state index in [1.807, 2.05) is 18.2 Å². The van der Waals surface area contributed by atoms with Gasteiger partial charge in [-0.15, -0.1) is 24.8 Å². The lowest BCUT2D eigenvalue weighted by Crippen LogP contribution is -2.43. The van der Waals surface area contributed by atoms with Gasteiger partial charge in [-0.25, -0.2) is 0 Å². The Morgan fingerprint density at radius 3 is 2.64 bits per heavy atom. The molecule has 1 amide bonds. The number of morpholine rings is 1. The molecule has 0 radical (unpaired) electrons. The molecule has 162 valence electrons. The number of hydrogen-bond donors (Lipinski definition) is 2. The van der Waals surface area contributed by atoms with Crippen LogP contribution < -0.4 is 20.1 Å². The Hall–Kier alpha value is -1.25. The molecule has 1 heterocycles. The quantitative estimate of drug-likeness (QED) is 0.585. The van der Waals surface area contributed by atoms with Gasteiger partial charge < -0.3 is 29.7 Å². The smallest absolute Gasteiger partial charge is 0.226 e. The maximum atomic E-state index is 12.2. The highest BCUT2D eigenvalue weighted by Crippen LogP contribution is 2.30. The molecule has 1 aliphatic rings. The fourth-order valence-electron chi connectivity index (χ4n) is 2.88. The minimum atomic E-state index is -0.0488. The number of likely N-dealkylation sites (N-methyl/N-ethyl adjacent to an activating group) is 1. The summed E-state index contributed by atoms with van der Waals surface area (Å²) in [7, 11) is 1.61. The van der Waals surface area contributed by atoms with Crippen molar-refractivity contribution < 1.29 is 19.0 Å². The van der Waals surface area contributed by atoms with E-state index in [0.29, 0.717) is 43.4 Å². The Balaban J connectivity index is 0.00000364. The molecule has 1 aliphatic heterocycles. The maximum Gasteiger partial charge on any atom is 0.226 e. The first kappa shape index (κ1) is 26.8. The Labute approximate surface area is 180 Å². The van der Waals surface area contributed by atoms with E-state index in [2.05, 4.69) is 29.4 Å². The number of hydrogen-bond acceptors (Lipinski definition) is 6. The number of carbonyl (C=O) groups is 1. The lowest BCUT2D eigenvalue weighted by molar-refractivity contribution is -0.117. The molecule has 0 aliphatic carbocycles. The van der Waals surface area contributed by atoms with Crippen LogP contribution in [0.3, 0.4) is 0 Å². The van der Waals surface area contributed by atoms with Crippen LogP contribution in [0.2, 0.25) is 0 Å². The van der Waals surface area contributed by atoms with Crippen molar-refractivity contribution in [2.45, 2.75) is 26.3 Å². The van der Waals surface area contributed by atoms with Crippen LogP contribution in [-0.2, 0) is 9.53 Å². The highest BCUT2D eigenvalue weighted by Gasteiger charge is 2.17. The summed E-state index contributed by atoms with van der Waals surface area (Å²) in [5, 5.41) is 6.20. The molecule has 7 nitrogen and oxygen atoms in total. The van der Waals surface area contributed by atoms with Crippen LogP contribution in [-0.4, -0.2) is 70.0 Å². The van der Waals surface area contributed by atoms with Crippen LogP contribution in [0.1, 0.15) is 20.3 Å². The monoisotopic (exact) mass is 437 g/mol. The fraction of sp³-hybridized carbons (Fsp3) is 0.632. The first-order valence-electron chi connectivity index (χ1n) is 9.30. The van der Waals surface area contributed by atoms with E-state index in [1.54, 1.807) is 7.11 Å². The Kier molecular flexibility index (Phi) is 14.0. The summed E-state index contributed by atoms with van der Waals surface area (Å²) in [4.78, 5) is 14.5. The molecule has 1 aromatic carbocycles. The average Bonchev–Trinajstić information content (AvgIpc) is 2.66. The lowest BCUT2D eigenvalue weighted by atomic mass is 10.2. The molecule has 2 N–H and O–H groups in total. The second kappa shape index (κ2) is 14.7. The van der Waals surface area contributed by atoms with Gasteiger partial charge in [0.15, 0.2) is 11.5 Å². The van der Waals surface area contributed by atoms with Gasteiger partial charge in [-0.1, -0.05) is 13.8 Å². The number of anilines is 1. The van der Waals surface area contributed by atoms with E-state index in [-0.39, 0.29) is 36.8 Å². The van der Waals surface area contributed by atoms with Gasteiger partial charge in [-0.2, -0.15) is 0 Å². The van der Waals surface area contributed by atoms with Crippen LogP contribution >= 0.6 is 24.8 Å². The molecule has 0 saturated carbocycles. The third-order valence-electron chi connectivity index (χ3n) is 4.44. The van der Waals surface area contributed by atoms with Crippen molar-refractivity contribution in [1.29, 1.82) is 0 Å². The minimum Gasteiger partial charge on any atom is -0.493 e. The molecular weight excluding hydrogens is 405 g/mol. The van der Waals surface area contributed by atoms with Crippen LogP contribution in [0, 0.1) is 0 Å².